The van der Waals surface area contributed by atoms with Crippen molar-refractivity contribution in [1.29, 1.82) is 0 Å². The van der Waals surface area contributed by atoms with Crippen LogP contribution in [0.5, 0.6) is 11.5 Å². The lowest BCUT2D eigenvalue weighted by Crippen LogP contribution is -2.38. The SMILES string of the molecule is CC(=O)c1cccc(OC(C)C(=O)NCCOc2ccc(C(F)(F)F)cc2)c1. The number of rotatable bonds is 8. The van der Waals surface area contributed by atoms with Gasteiger partial charge in [0, 0.05) is 5.56 Å². The van der Waals surface area contributed by atoms with E-state index < -0.39 is 17.8 Å². The Labute approximate surface area is 160 Å². The van der Waals surface area contributed by atoms with Gasteiger partial charge in [0.1, 0.15) is 18.1 Å². The number of Topliss-reactive ketones (excluding diaryl/α,β-unsaturated/α-hetero) is 1. The minimum absolute atomic E-state index is 0.0870. The van der Waals surface area contributed by atoms with Crippen LogP contribution in [0, 0.1) is 0 Å². The third-order valence-corrected chi connectivity index (χ3v) is 3.77. The first kappa shape index (κ1) is 21.3. The number of carbonyl (C=O) groups excluding carboxylic acids is 2. The van der Waals surface area contributed by atoms with Crippen LogP contribution < -0.4 is 14.8 Å². The highest BCUT2D eigenvalue weighted by Gasteiger charge is 2.30. The molecule has 2 rings (SSSR count). The van der Waals surface area contributed by atoms with E-state index in [9.17, 15) is 22.8 Å². The summed E-state index contributed by atoms with van der Waals surface area (Å²) in [5, 5.41) is 2.61. The summed E-state index contributed by atoms with van der Waals surface area (Å²) >= 11 is 0. The van der Waals surface area contributed by atoms with Crippen molar-refractivity contribution in [2.24, 2.45) is 0 Å². The molecule has 0 spiro atoms. The van der Waals surface area contributed by atoms with E-state index in [0.717, 1.165) is 12.1 Å². The maximum Gasteiger partial charge on any atom is 0.416 e. The zero-order valence-corrected chi connectivity index (χ0v) is 15.4. The van der Waals surface area contributed by atoms with Gasteiger partial charge in [0.2, 0.25) is 0 Å². The number of alkyl halides is 3. The molecule has 0 radical (unpaired) electrons. The summed E-state index contributed by atoms with van der Waals surface area (Å²) in [5.74, 6) is 0.177. The highest BCUT2D eigenvalue weighted by atomic mass is 19.4. The van der Waals surface area contributed by atoms with Gasteiger partial charge in [-0.05, 0) is 50.2 Å². The van der Waals surface area contributed by atoms with Crippen molar-refractivity contribution in [1.82, 2.24) is 5.32 Å². The number of benzene rings is 2. The average Bonchev–Trinajstić information content (AvgIpc) is 2.65. The van der Waals surface area contributed by atoms with Gasteiger partial charge in [-0.15, -0.1) is 0 Å². The third-order valence-electron chi connectivity index (χ3n) is 3.77. The fraction of sp³-hybridized carbons (Fsp3) is 0.300. The van der Waals surface area contributed by atoms with Crippen LogP contribution in [0.2, 0.25) is 0 Å². The summed E-state index contributed by atoms with van der Waals surface area (Å²) in [6.07, 6.45) is -5.19. The molecule has 2 aromatic rings. The molecule has 0 bridgehead atoms. The number of hydrogen-bond donors (Lipinski definition) is 1. The topological polar surface area (TPSA) is 64.6 Å². The molecule has 150 valence electrons. The van der Waals surface area contributed by atoms with Crippen molar-refractivity contribution in [2.45, 2.75) is 26.1 Å². The molecular weight excluding hydrogens is 375 g/mol. The highest BCUT2D eigenvalue weighted by molar-refractivity contribution is 5.94. The number of hydrogen-bond acceptors (Lipinski definition) is 4. The Morgan fingerprint density at radius 1 is 1.07 bits per heavy atom. The Bertz CT molecular complexity index is 819. The van der Waals surface area contributed by atoms with E-state index in [1.165, 1.54) is 19.1 Å². The van der Waals surface area contributed by atoms with E-state index in [2.05, 4.69) is 5.32 Å². The fourth-order valence-electron chi connectivity index (χ4n) is 2.27. The molecule has 0 aromatic heterocycles. The molecule has 1 unspecified atom stereocenters. The van der Waals surface area contributed by atoms with Crippen molar-refractivity contribution < 1.29 is 32.2 Å². The minimum Gasteiger partial charge on any atom is -0.492 e. The summed E-state index contributed by atoms with van der Waals surface area (Å²) < 4.78 is 48.3. The predicted molar refractivity (Wildman–Crippen MR) is 96.5 cm³/mol. The van der Waals surface area contributed by atoms with Crippen LogP contribution in [0.1, 0.15) is 29.8 Å². The number of ether oxygens (including phenoxy) is 2. The molecule has 0 aliphatic rings. The molecule has 0 saturated heterocycles. The van der Waals surface area contributed by atoms with Crippen LogP contribution in [0.4, 0.5) is 13.2 Å². The number of amides is 1. The van der Waals surface area contributed by atoms with Gasteiger partial charge in [-0.1, -0.05) is 12.1 Å². The normalized spacial score (nSPS) is 12.2. The van der Waals surface area contributed by atoms with Gasteiger partial charge >= 0.3 is 6.18 Å². The molecule has 5 nitrogen and oxygen atoms in total. The smallest absolute Gasteiger partial charge is 0.416 e. The van der Waals surface area contributed by atoms with E-state index in [1.54, 1.807) is 31.2 Å². The van der Waals surface area contributed by atoms with Crippen molar-refractivity contribution in [3.05, 3.63) is 59.7 Å². The van der Waals surface area contributed by atoms with Crippen LogP contribution >= 0.6 is 0 Å². The maximum atomic E-state index is 12.5. The molecule has 1 atom stereocenters. The van der Waals surface area contributed by atoms with Crippen molar-refractivity contribution in [3.63, 3.8) is 0 Å². The van der Waals surface area contributed by atoms with Crippen molar-refractivity contribution in [3.8, 4) is 11.5 Å². The molecule has 0 aliphatic heterocycles. The van der Waals surface area contributed by atoms with E-state index in [0.29, 0.717) is 11.3 Å². The molecule has 1 amide bonds. The number of nitrogens with one attached hydrogen (secondary N) is 1. The van der Waals surface area contributed by atoms with Crippen molar-refractivity contribution >= 4 is 11.7 Å². The summed E-state index contributed by atoms with van der Waals surface area (Å²) in [5.41, 5.74) is -0.275. The first-order chi connectivity index (χ1) is 13.2. The molecule has 8 heteroatoms. The van der Waals surface area contributed by atoms with Crippen LogP contribution in [0.25, 0.3) is 0 Å². The molecule has 2 aromatic carbocycles. The number of halogens is 3. The van der Waals surface area contributed by atoms with Crippen LogP contribution in [-0.4, -0.2) is 30.9 Å². The monoisotopic (exact) mass is 395 g/mol. The second kappa shape index (κ2) is 9.25. The number of carbonyl (C=O) groups is 2. The highest BCUT2D eigenvalue weighted by Crippen LogP contribution is 2.30. The summed E-state index contributed by atoms with van der Waals surface area (Å²) in [7, 11) is 0. The Morgan fingerprint density at radius 2 is 1.75 bits per heavy atom. The average molecular weight is 395 g/mol. The van der Waals surface area contributed by atoms with E-state index in [1.807, 2.05) is 0 Å². The maximum absolute atomic E-state index is 12.5. The molecular formula is C20H20F3NO4. The quantitative estimate of drug-likeness (QED) is 0.544. The Kier molecular flexibility index (Phi) is 7.03. The zero-order valence-electron chi connectivity index (χ0n) is 15.4. The van der Waals surface area contributed by atoms with Crippen LogP contribution in [0.3, 0.4) is 0 Å². The summed E-state index contributed by atoms with van der Waals surface area (Å²) in [6.45, 7) is 3.24. The summed E-state index contributed by atoms with van der Waals surface area (Å²) in [4.78, 5) is 23.4. The number of ketones is 1. The molecule has 0 aliphatic carbocycles. The summed E-state index contributed by atoms with van der Waals surface area (Å²) in [6, 6.07) is 10.8. The first-order valence-electron chi connectivity index (χ1n) is 8.52. The van der Waals surface area contributed by atoms with E-state index in [-0.39, 0.29) is 30.6 Å². The van der Waals surface area contributed by atoms with Gasteiger partial charge in [0.25, 0.3) is 5.91 Å². The predicted octanol–water partition coefficient (Wildman–Crippen LogP) is 3.87. The van der Waals surface area contributed by atoms with Crippen molar-refractivity contribution in [2.75, 3.05) is 13.2 Å². The van der Waals surface area contributed by atoms with E-state index >= 15 is 0 Å². The third kappa shape index (κ3) is 6.29. The second-order valence-electron chi connectivity index (χ2n) is 6.01. The van der Waals surface area contributed by atoms with Gasteiger partial charge < -0.3 is 14.8 Å². The molecule has 0 fully saturated rings. The zero-order chi connectivity index (χ0) is 20.7. The van der Waals surface area contributed by atoms with Gasteiger partial charge in [-0.2, -0.15) is 13.2 Å². The Hall–Kier alpha value is -3.03. The standard InChI is InChI=1S/C20H20F3NO4/c1-13(25)15-4-3-5-18(12-15)28-14(2)19(26)24-10-11-27-17-8-6-16(7-9-17)20(21,22)23/h3-9,12,14H,10-11H2,1-2H3,(H,24,26). The minimum atomic E-state index is -4.40. The molecule has 1 N–H and O–H groups in total. The Morgan fingerprint density at radius 3 is 2.36 bits per heavy atom. The molecule has 0 heterocycles. The van der Waals surface area contributed by atoms with Gasteiger partial charge in [-0.3, -0.25) is 9.59 Å². The second-order valence-corrected chi connectivity index (χ2v) is 6.01. The van der Waals surface area contributed by atoms with Gasteiger partial charge in [0.15, 0.2) is 11.9 Å². The lowest BCUT2D eigenvalue weighted by atomic mass is 10.1. The first-order valence-corrected chi connectivity index (χ1v) is 8.52. The lowest BCUT2D eigenvalue weighted by Gasteiger charge is -2.15. The van der Waals surface area contributed by atoms with Crippen LogP contribution in [-0.2, 0) is 11.0 Å². The fourth-order valence-corrected chi connectivity index (χ4v) is 2.27. The lowest BCUT2D eigenvalue weighted by molar-refractivity contribution is -0.137. The Balaban J connectivity index is 1.76. The van der Waals surface area contributed by atoms with Crippen LogP contribution in [0.15, 0.2) is 48.5 Å². The van der Waals surface area contributed by atoms with E-state index in [4.69, 9.17) is 9.47 Å². The largest absolute Gasteiger partial charge is 0.492 e. The molecule has 28 heavy (non-hydrogen) atoms. The van der Waals surface area contributed by atoms with Gasteiger partial charge in [0.05, 0.1) is 12.1 Å². The van der Waals surface area contributed by atoms with Gasteiger partial charge in [-0.25, -0.2) is 0 Å². The molecule has 0 saturated carbocycles.